The third kappa shape index (κ3) is 3.69. The Hall–Kier alpha value is -2.96. The number of rotatable bonds is 5. The monoisotopic (exact) mass is 390 g/mol. The predicted octanol–water partition coefficient (Wildman–Crippen LogP) is 4.58. The standard InChI is InChI=1S/C21H20F3NO3/c1-4-13-6-5-7-17(19(13)12(2)3)25-16-9-8-15(28-21(22,23)24)10-14(16)11-18(25)20(26)27/h5-12H,4H2,1-3H3,(H,26,27)/p-1. The quantitative estimate of drug-likeness (QED) is 0.641. The molecule has 0 aliphatic carbocycles. The fraction of sp³-hybridized carbons (Fsp3) is 0.286. The molecule has 3 aromatic rings. The summed E-state index contributed by atoms with van der Waals surface area (Å²) < 4.78 is 43.0. The van der Waals surface area contributed by atoms with Gasteiger partial charge < -0.3 is 19.2 Å². The number of aromatic carboxylic acids is 1. The Balaban J connectivity index is 2.29. The van der Waals surface area contributed by atoms with Gasteiger partial charge in [-0.2, -0.15) is 0 Å². The molecule has 0 spiro atoms. The molecule has 0 saturated carbocycles. The van der Waals surface area contributed by atoms with Gasteiger partial charge in [0.25, 0.3) is 0 Å². The third-order valence-electron chi connectivity index (χ3n) is 4.59. The first kappa shape index (κ1) is 19.8. The Bertz CT molecular complexity index is 1040. The normalized spacial score (nSPS) is 12.0. The lowest BCUT2D eigenvalue weighted by Gasteiger charge is -2.21. The molecule has 0 bridgehead atoms. The Morgan fingerprint density at radius 1 is 1.18 bits per heavy atom. The summed E-state index contributed by atoms with van der Waals surface area (Å²) in [5.41, 5.74) is 3.07. The van der Waals surface area contributed by atoms with E-state index in [0.29, 0.717) is 16.6 Å². The molecule has 0 amide bonds. The van der Waals surface area contributed by atoms with Crippen molar-refractivity contribution in [3.63, 3.8) is 0 Å². The number of hydrogen-bond acceptors (Lipinski definition) is 3. The van der Waals surface area contributed by atoms with Gasteiger partial charge >= 0.3 is 6.36 Å². The number of carboxylic acids is 1. The Labute approximate surface area is 160 Å². The number of hydrogen-bond donors (Lipinski definition) is 0. The van der Waals surface area contributed by atoms with E-state index >= 15 is 0 Å². The fourth-order valence-corrected chi connectivity index (χ4v) is 3.57. The largest absolute Gasteiger partial charge is 0.573 e. The van der Waals surface area contributed by atoms with Crippen molar-refractivity contribution in [2.75, 3.05) is 0 Å². The number of carboxylic acid groups (broad SMARTS) is 1. The lowest BCUT2D eigenvalue weighted by molar-refractivity contribution is -0.274. The molecule has 0 unspecified atom stereocenters. The number of aromatic nitrogens is 1. The first-order valence-electron chi connectivity index (χ1n) is 8.87. The summed E-state index contributed by atoms with van der Waals surface area (Å²) in [5, 5.41) is 12.1. The van der Waals surface area contributed by atoms with Gasteiger partial charge in [-0.15, -0.1) is 13.2 Å². The highest BCUT2D eigenvalue weighted by molar-refractivity contribution is 5.96. The molecular weight excluding hydrogens is 371 g/mol. The molecule has 0 N–H and O–H groups in total. The van der Waals surface area contributed by atoms with Crippen molar-refractivity contribution in [3.05, 3.63) is 59.3 Å². The van der Waals surface area contributed by atoms with Gasteiger partial charge in [0.15, 0.2) is 0 Å². The van der Waals surface area contributed by atoms with Crippen molar-refractivity contribution in [1.29, 1.82) is 0 Å². The maximum absolute atomic E-state index is 12.5. The number of ether oxygens (including phenoxy) is 1. The topological polar surface area (TPSA) is 54.3 Å². The average Bonchev–Trinajstić information content (AvgIpc) is 2.98. The molecule has 0 aliphatic heterocycles. The summed E-state index contributed by atoms with van der Waals surface area (Å²) in [6.45, 7) is 6.04. The first-order valence-corrected chi connectivity index (χ1v) is 8.87. The molecule has 0 radical (unpaired) electrons. The van der Waals surface area contributed by atoms with E-state index in [1.165, 1.54) is 28.8 Å². The van der Waals surface area contributed by atoms with E-state index in [0.717, 1.165) is 17.5 Å². The summed E-state index contributed by atoms with van der Waals surface area (Å²) in [5.74, 6) is -1.70. The van der Waals surface area contributed by atoms with Crippen LogP contribution in [0.4, 0.5) is 13.2 Å². The van der Waals surface area contributed by atoms with E-state index in [-0.39, 0.29) is 11.6 Å². The van der Waals surface area contributed by atoms with Crippen LogP contribution in [-0.4, -0.2) is 16.9 Å². The second kappa shape index (κ2) is 7.22. The number of aryl methyl sites for hydroxylation is 1. The van der Waals surface area contributed by atoms with E-state index in [1.807, 2.05) is 32.9 Å². The molecule has 4 nitrogen and oxygen atoms in total. The van der Waals surface area contributed by atoms with Crippen molar-refractivity contribution in [1.82, 2.24) is 4.57 Å². The molecule has 28 heavy (non-hydrogen) atoms. The second-order valence-electron chi connectivity index (χ2n) is 6.78. The summed E-state index contributed by atoms with van der Waals surface area (Å²) in [7, 11) is 0. The lowest BCUT2D eigenvalue weighted by atomic mass is 9.93. The van der Waals surface area contributed by atoms with Crippen molar-refractivity contribution in [2.24, 2.45) is 0 Å². The van der Waals surface area contributed by atoms with Crippen LogP contribution in [-0.2, 0) is 6.42 Å². The highest BCUT2D eigenvalue weighted by Crippen LogP contribution is 2.34. The molecular formula is C21H19F3NO3-. The van der Waals surface area contributed by atoms with Crippen molar-refractivity contribution < 1.29 is 27.8 Å². The number of nitrogens with zero attached hydrogens (tertiary/aromatic N) is 1. The zero-order chi connectivity index (χ0) is 20.6. The highest BCUT2D eigenvalue weighted by Gasteiger charge is 2.31. The number of benzene rings is 2. The molecule has 1 heterocycles. The van der Waals surface area contributed by atoms with Crippen molar-refractivity contribution >= 4 is 16.9 Å². The molecule has 0 aliphatic rings. The maximum atomic E-state index is 12.5. The molecule has 1 aromatic heterocycles. The van der Waals surface area contributed by atoms with Crippen LogP contribution >= 0.6 is 0 Å². The van der Waals surface area contributed by atoms with E-state index < -0.39 is 18.1 Å². The number of carbonyl (C=O) groups is 1. The Kier molecular flexibility index (Phi) is 5.10. The van der Waals surface area contributed by atoms with Crippen molar-refractivity contribution in [2.45, 2.75) is 39.5 Å². The van der Waals surface area contributed by atoms with Crippen molar-refractivity contribution in [3.8, 4) is 11.4 Å². The molecule has 148 valence electrons. The van der Waals surface area contributed by atoms with Gasteiger partial charge in [-0.25, -0.2) is 0 Å². The summed E-state index contributed by atoms with van der Waals surface area (Å²) >= 11 is 0. The zero-order valence-electron chi connectivity index (χ0n) is 15.6. The SMILES string of the molecule is CCc1cccc(-n2c(C(=O)[O-])cc3cc(OC(F)(F)F)ccc32)c1C(C)C. The maximum Gasteiger partial charge on any atom is 0.573 e. The molecule has 0 atom stereocenters. The Morgan fingerprint density at radius 2 is 1.89 bits per heavy atom. The minimum absolute atomic E-state index is 0.117. The summed E-state index contributed by atoms with van der Waals surface area (Å²) in [4.78, 5) is 11.8. The number of fused-ring (bicyclic) bond motifs is 1. The number of carbonyl (C=O) groups excluding carboxylic acids is 1. The minimum Gasteiger partial charge on any atom is -0.543 e. The first-order chi connectivity index (χ1) is 13.1. The van der Waals surface area contributed by atoms with Gasteiger partial charge in [0, 0.05) is 11.1 Å². The van der Waals surface area contributed by atoms with Crippen LogP contribution in [0, 0.1) is 0 Å². The lowest BCUT2D eigenvalue weighted by Crippen LogP contribution is -2.25. The van der Waals surface area contributed by atoms with Crippen LogP contribution in [0.25, 0.3) is 16.6 Å². The third-order valence-corrected chi connectivity index (χ3v) is 4.59. The molecule has 7 heteroatoms. The van der Waals surface area contributed by atoms with E-state index in [1.54, 1.807) is 6.07 Å². The Morgan fingerprint density at radius 3 is 2.46 bits per heavy atom. The molecule has 2 aromatic carbocycles. The van der Waals surface area contributed by atoms with Crippen LogP contribution < -0.4 is 9.84 Å². The number of alkyl halides is 3. The van der Waals surface area contributed by atoms with Gasteiger partial charge in [-0.3, -0.25) is 0 Å². The molecule has 3 rings (SSSR count). The molecule has 0 saturated heterocycles. The second-order valence-corrected chi connectivity index (χ2v) is 6.78. The number of halogens is 3. The van der Waals surface area contributed by atoms with Crippen LogP contribution in [0.3, 0.4) is 0 Å². The van der Waals surface area contributed by atoms with Crippen LogP contribution in [0.2, 0.25) is 0 Å². The van der Waals surface area contributed by atoms with Gasteiger partial charge in [0.2, 0.25) is 0 Å². The zero-order valence-corrected chi connectivity index (χ0v) is 15.6. The van der Waals surface area contributed by atoms with Gasteiger partial charge in [-0.05, 0) is 53.8 Å². The van der Waals surface area contributed by atoms with E-state index in [2.05, 4.69) is 4.74 Å². The predicted molar refractivity (Wildman–Crippen MR) is 97.8 cm³/mol. The van der Waals surface area contributed by atoms with Gasteiger partial charge in [-0.1, -0.05) is 32.9 Å². The van der Waals surface area contributed by atoms with E-state index in [4.69, 9.17) is 0 Å². The molecule has 0 fully saturated rings. The summed E-state index contributed by atoms with van der Waals surface area (Å²) in [6.07, 6.45) is -4.06. The van der Waals surface area contributed by atoms with E-state index in [9.17, 15) is 23.1 Å². The van der Waals surface area contributed by atoms with Gasteiger partial charge in [0.05, 0.1) is 17.2 Å². The van der Waals surface area contributed by atoms with Crippen LogP contribution in [0.1, 0.15) is 48.3 Å². The average molecular weight is 390 g/mol. The van der Waals surface area contributed by atoms with Crippen LogP contribution in [0.15, 0.2) is 42.5 Å². The fourth-order valence-electron chi connectivity index (χ4n) is 3.57. The van der Waals surface area contributed by atoms with Crippen LogP contribution in [0.5, 0.6) is 5.75 Å². The van der Waals surface area contributed by atoms with Gasteiger partial charge in [0.1, 0.15) is 5.75 Å². The smallest absolute Gasteiger partial charge is 0.543 e. The highest BCUT2D eigenvalue weighted by atomic mass is 19.4. The summed E-state index contributed by atoms with van der Waals surface area (Å²) in [6, 6.07) is 10.7. The minimum atomic E-state index is -4.83.